The zero-order chi connectivity index (χ0) is 11.4. The monoisotopic (exact) mass is 212 g/mol. The van der Waals surface area contributed by atoms with E-state index in [-0.39, 0.29) is 0 Å². The van der Waals surface area contributed by atoms with Crippen molar-refractivity contribution in [2.24, 2.45) is 11.8 Å². The third-order valence-corrected chi connectivity index (χ3v) is 3.32. The molecule has 2 heteroatoms. The normalized spacial score (nSPS) is 19.2. The van der Waals surface area contributed by atoms with E-state index in [0.717, 1.165) is 31.0 Å². The molecule has 1 aliphatic rings. The lowest BCUT2D eigenvalue weighted by molar-refractivity contribution is 0.177. The highest BCUT2D eigenvalue weighted by Crippen LogP contribution is 2.28. The second-order valence-electron chi connectivity index (χ2n) is 5.76. The van der Waals surface area contributed by atoms with Crippen LogP contribution in [0.4, 0.5) is 0 Å². The predicted octanol–water partition coefficient (Wildman–Crippen LogP) is 2.35. The predicted molar refractivity (Wildman–Crippen MR) is 67.1 cm³/mol. The molecule has 2 nitrogen and oxygen atoms in total. The van der Waals surface area contributed by atoms with Gasteiger partial charge in [0.05, 0.1) is 0 Å². The summed E-state index contributed by atoms with van der Waals surface area (Å²) in [4.78, 5) is 2.58. The van der Waals surface area contributed by atoms with Crippen LogP contribution in [0.15, 0.2) is 0 Å². The van der Waals surface area contributed by atoms with E-state index in [1.54, 1.807) is 0 Å². The number of nitrogens with one attached hydrogen (secondary N) is 1. The van der Waals surface area contributed by atoms with E-state index in [1.165, 1.54) is 12.8 Å². The Balaban J connectivity index is 2.29. The summed E-state index contributed by atoms with van der Waals surface area (Å²) in [6.45, 7) is 11.5. The minimum atomic E-state index is 0.705. The molecule has 1 N–H and O–H groups in total. The van der Waals surface area contributed by atoms with Crippen LogP contribution in [0.2, 0.25) is 0 Å². The highest BCUT2D eigenvalue weighted by molar-refractivity contribution is 4.88. The Morgan fingerprint density at radius 1 is 1.13 bits per heavy atom. The molecule has 0 amide bonds. The van der Waals surface area contributed by atoms with Gasteiger partial charge in [0.2, 0.25) is 0 Å². The third kappa shape index (κ3) is 4.52. The van der Waals surface area contributed by atoms with Crippen LogP contribution in [0.3, 0.4) is 0 Å². The molecule has 0 bridgehead atoms. The van der Waals surface area contributed by atoms with E-state index in [1.807, 2.05) is 0 Å². The van der Waals surface area contributed by atoms with Gasteiger partial charge in [0, 0.05) is 18.6 Å². The highest BCUT2D eigenvalue weighted by atomic mass is 15.2. The Kier molecular flexibility index (Phi) is 5.07. The largest absolute Gasteiger partial charge is 0.315 e. The molecule has 1 saturated carbocycles. The standard InChI is InChI=1S/C13H28N2/c1-10(2)8-14-9-13(11(3)4)15(5)12-6-7-12/h10-14H,6-9H2,1-5H3. The number of nitrogens with zero attached hydrogens (tertiary/aromatic N) is 1. The first-order chi connectivity index (χ1) is 7.02. The van der Waals surface area contributed by atoms with Gasteiger partial charge in [0.15, 0.2) is 0 Å². The van der Waals surface area contributed by atoms with E-state index in [0.29, 0.717) is 6.04 Å². The molecular formula is C13H28N2. The maximum Gasteiger partial charge on any atom is 0.0243 e. The van der Waals surface area contributed by atoms with E-state index in [2.05, 4.69) is 45.0 Å². The van der Waals surface area contributed by atoms with Crippen LogP contribution in [-0.2, 0) is 0 Å². The van der Waals surface area contributed by atoms with Crippen molar-refractivity contribution >= 4 is 0 Å². The van der Waals surface area contributed by atoms with Gasteiger partial charge >= 0.3 is 0 Å². The minimum absolute atomic E-state index is 0.705. The molecule has 1 atom stereocenters. The molecule has 0 aliphatic heterocycles. The summed E-state index contributed by atoms with van der Waals surface area (Å²) in [6.07, 6.45) is 2.81. The molecule has 90 valence electrons. The summed E-state index contributed by atoms with van der Waals surface area (Å²) < 4.78 is 0. The quantitative estimate of drug-likeness (QED) is 0.697. The zero-order valence-electron chi connectivity index (χ0n) is 11.1. The number of rotatable bonds is 7. The summed E-state index contributed by atoms with van der Waals surface area (Å²) in [5.41, 5.74) is 0. The Morgan fingerprint density at radius 3 is 2.13 bits per heavy atom. The summed E-state index contributed by atoms with van der Waals surface area (Å²) in [7, 11) is 2.29. The van der Waals surface area contributed by atoms with Crippen LogP contribution < -0.4 is 5.32 Å². The van der Waals surface area contributed by atoms with Gasteiger partial charge in [0.25, 0.3) is 0 Å². The molecule has 0 aromatic rings. The Bertz CT molecular complexity index is 173. The van der Waals surface area contributed by atoms with Crippen molar-refractivity contribution in [3.8, 4) is 0 Å². The summed E-state index contributed by atoms with van der Waals surface area (Å²) in [6, 6.07) is 1.58. The Morgan fingerprint density at radius 2 is 1.73 bits per heavy atom. The fourth-order valence-corrected chi connectivity index (χ4v) is 2.12. The first kappa shape index (κ1) is 13.0. The maximum absolute atomic E-state index is 3.59. The van der Waals surface area contributed by atoms with Gasteiger partial charge < -0.3 is 5.32 Å². The van der Waals surface area contributed by atoms with Crippen LogP contribution in [-0.4, -0.2) is 37.1 Å². The molecular weight excluding hydrogens is 184 g/mol. The van der Waals surface area contributed by atoms with Crippen LogP contribution in [0, 0.1) is 11.8 Å². The summed E-state index contributed by atoms with van der Waals surface area (Å²) in [5.74, 6) is 1.50. The molecule has 15 heavy (non-hydrogen) atoms. The average Bonchev–Trinajstić information content (AvgIpc) is 2.93. The molecule has 1 fully saturated rings. The fraction of sp³-hybridized carbons (Fsp3) is 1.00. The van der Waals surface area contributed by atoms with Crippen LogP contribution in [0.1, 0.15) is 40.5 Å². The maximum atomic E-state index is 3.59. The number of hydrogen-bond donors (Lipinski definition) is 1. The van der Waals surface area contributed by atoms with Gasteiger partial charge in [-0.2, -0.15) is 0 Å². The molecule has 1 unspecified atom stereocenters. The van der Waals surface area contributed by atoms with Crippen LogP contribution in [0.25, 0.3) is 0 Å². The number of likely N-dealkylation sites (N-methyl/N-ethyl adjacent to an activating group) is 1. The molecule has 0 spiro atoms. The summed E-state index contributed by atoms with van der Waals surface area (Å²) in [5, 5.41) is 3.59. The lowest BCUT2D eigenvalue weighted by Gasteiger charge is -2.31. The molecule has 0 saturated heterocycles. The van der Waals surface area contributed by atoms with Crippen molar-refractivity contribution in [1.29, 1.82) is 0 Å². The van der Waals surface area contributed by atoms with E-state index < -0.39 is 0 Å². The second kappa shape index (κ2) is 5.86. The van der Waals surface area contributed by atoms with Crippen molar-refractivity contribution in [3.05, 3.63) is 0 Å². The molecule has 0 heterocycles. The van der Waals surface area contributed by atoms with Gasteiger partial charge in [-0.3, -0.25) is 4.90 Å². The lowest BCUT2D eigenvalue weighted by Crippen LogP contribution is -2.45. The van der Waals surface area contributed by atoms with E-state index >= 15 is 0 Å². The van der Waals surface area contributed by atoms with Crippen molar-refractivity contribution in [2.75, 3.05) is 20.1 Å². The first-order valence-electron chi connectivity index (χ1n) is 6.45. The second-order valence-corrected chi connectivity index (χ2v) is 5.76. The fourth-order valence-electron chi connectivity index (χ4n) is 2.12. The van der Waals surface area contributed by atoms with Crippen molar-refractivity contribution < 1.29 is 0 Å². The number of hydrogen-bond acceptors (Lipinski definition) is 2. The molecule has 0 radical (unpaired) electrons. The zero-order valence-corrected chi connectivity index (χ0v) is 11.1. The van der Waals surface area contributed by atoms with Gasteiger partial charge in [-0.1, -0.05) is 27.7 Å². The molecule has 1 rings (SSSR count). The minimum Gasteiger partial charge on any atom is -0.315 e. The first-order valence-corrected chi connectivity index (χ1v) is 6.45. The molecule has 0 aromatic carbocycles. The van der Waals surface area contributed by atoms with Crippen molar-refractivity contribution in [3.63, 3.8) is 0 Å². The van der Waals surface area contributed by atoms with Gasteiger partial charge in [-0.05, 0) is 38.3 Å². The van der Waals surface area contributed by atoms with Gasteiger partial charge in [-0.25, -0.2) is 0 Å². The van der Waals surface area contributed by atoms with E-state index in [9.17, 15) is 0 Å². The Hall–Kier alpha value is -0.0800. The Labute approximate surface area is 95.4 Å². The third-order valence-electron chi connectivity index (χ3n) is 3.32. The average molecular weight is 212 g/mol. The van der Waals surface area contributed by atoms with Crippen molar-refractivity contribution in [2.45, 2.75) is 52.6 Å². The molecule has 0 aromatic heterocycles. The SMILES string of the molecule is CC(C)CNCC(C(C)C)N(C)C1CC1. The van der Waals surface area contributed by atoms with E-state index in [4.69, 9.17) is 0 Å². The summed E-state index contributed by atoms with van der Waals surface area (Å²) >= 11 is 0. The van der Waals surface area contributed by atoms with Crippen LogP contribution >= 0.6 is 0 Å². The van der Waals surface area contributed by atoms with Crippen molar-refractivity contribution in [1.82, 2.24) is 10.2 Å². The van der Waals surface area contributed by atoms with Gasteiger partial charge in [0.1, 0.15) is 0 Å². The molecule has 1 aliphatic carbocycles. The highest BCUT2D eigenvalue weighted by Gasteiger charge is 2.31. The topological polar surface area (TPSA) is 15.3 Å². The lowest BCUT2D eigenvalue weighted by atomic mass is 10.0. The van der Waals surface area contributed by atoms with Gasteiger partial charge in [-0.15, -0.1) is 0 Å². The smallest absolute Gasteiger partial charge is 0.0243 e. The van der Waals surface area contributed by atoms with Crippen LogP contribution in [0.5, 0.6) is 0 Å².